The molecule has 0 aliphatic carbocycles. The largest absolute Gasteiger partial charge is 0.439 e. The topological polar surface area (TPSA) is 47.6 Å². The van der Waals surface area contributed by atoms with Gasteiger partial charge in [-0.25, -0.2) is 4.79 Å². The molecule has 1 aliphatic heterocycles. The summed E-state index contributed by atoms with van der Waals surface area (Å²) < 4.78 is 11.6. The van der Waals surface area contributed by atoms with Gasteiger partial charge in [0.25, 0.3) is 0 Å². The van der Waals surface area contributed by atoms with Crippen LogP contribution in [0.3, 0.4) is 0 Å². The van der Waals surface area contributed by atoms with E-state index in [1.54, 1.807) is 0 Å². The van der Waals surface area contributed by atoms with Crippen molar-refractivity contribution in [2.45, 2.75) is 51.0 Å². The third kappa shape index (κ3) is 3.65. The summed E-state index contributed by atoms with van der Waals surface area (Å²) >= 11 is 0. The predicted molar refractivity (Wildman–Crippen MR) is 85.7 cm³/mol. The number of alkyl carbamates (subject to hydrolysis) is 1. The molecule has 1 aromatic rings. The maximum Gasteiger partial charge on any atom is 0.408 e. The molecule has 1 saturated heterocycles. The number of ether oxygens (including phenoxy) is 1. The highest BCUT2D eigenvalue weighted by Crippen LogP contribution is 2.37. The highest BCUT2D eigenvalue weighted by atomic mass is 28.4. The summed E-state index contributed by atoms with van der Waals surface area (Å²) in [5.74, 6) is 0. The molecule has 1 N–H and O–H groups in total. The molecule has 1 aromatic carbocycles. The number of rotatable bonds is 4. The monoisotopic (exact) mass is 307 g/mol. The van der Waals surface area contributed by atoms with Crippen molar-refractivity contribution >= 4 is 14.4 Å². The van der Waals surface area contributed by atoms with Crippen LogP contribution in [-0.4, -0.2) is 27.1 Å². The average molecular weight is 307 g/mol. The second-order valence-corrected chi connectivity index (χ2v) is 11.9. The van der Waals surface area contributed by atoms with Gasteiger partial charge in [0.1, 0.15) is 0 Å². The molecule has 5 heteroatoms. The number of nitrogens with one attached hydrogen (secondary N) is 1. The minimum atomic E-state index is -1.83. The van der Waals surface area contributed by atoms with Crippen LogP contribution in [0.1, 0.15) is 32.4 Å². The van der Waals surface area contributed by atoms with Gasteiger partial charge in [0.05, 0.1) is 12.6 Å². The number of hydrogen-bond acceptors (Lipinski definition) is 3. The fraction of sp³-hybridized carbons (Fsp3) is 0.562. The van der Waals surface area contributed by atoms with Crippen LogP contribution in [0.25, 0.3) is 0 Å². The van der Waals surface area contributed by atoms with Crippen LogP contribution >= 0.6 is 0 Å². The van der Waals surface area contributed by atoms with Crippen LogP contribution in [0, 0.1) is 0 Å². The van der Waals surface area contributed by atoms with Crippen molar-refractivity contribution in [1.82, 2.24) is 5.32 Å². The van der Waals surface area contributed by atoms with E-state index < -0.39 is 8.32 Å². The second-order valence-electron chi connectivity index (χ2n) is 7.06. The first-order valence-electron chi connectivity index (χ1n) is 7.37. The van der Waals surface area contributed by atoms with Crippen molar-refractivity contribution < 1.29 is 14.0 Å². The fourth-order valence-corrected chi connectivity index (χ4v) is 3.07. The standard InChI is InChI=1S/C16H25NO3Si/c1-16(2,3)21(4,5)19-11-13-14(20-15(18)17-13)12-9-7-6-8-10-12/h6-10,13-14H,11H2,1-5H3,(H,17,18)/t13-,14?/m1/s1. The Bertz CT molecular complexity index is 496. The molecule has 0 saturated carbocycles. The molecular formula is C16H25NO3Si. The van der Waals surface area contributed by atoms with Crippen LogP contribution in [-0.2, 0) is 9.16 Å². The molecule has 1 aliphatic rings. The Kier molecular flexibility index (Phi) is 4.44. The summed E-state index contributed by atoms with van der Waals surface area (Å²) in [5, 5.41) is 3.01. The molecule has 1 amide bonds. The fourth-order valence-electron chi connectivity index (χ4n) is 2.05. The van der Waals surface area contributed by atoms with Crippen LogP contribution in [0.2, 0.25) is 18.1 Å². The number of carbonyl (C=O) groups is 1. The molecule has 0 spiro atoms. The number of carbonyl (C=O) groups excluding carboxylic acids is 1. The summed E-state index contributed by atoms with van der Waals surface area (Å²) in [4.78, 5) is 11.6. The van der Waals surface area contributed by atoms with Gasteiger partial charge in [-0.3, -0.25) is 0 Å². The van der Waals surface area contributed by atoms with Crippen molar-refractivity contribution in [2.24, 2.45) is 0 Å². The first-order chi connectivity index (χ1) is 9.71. The zero-order valence-corrected chi connectivity index (χ0v) is 14.5. The molecule has 0 aromatic heterocycles. The summed E-state index contributed by atoms with van der Waals surface area (Å²) in [5.41, 5.74) is 1.000. The highest BCUT2D eigenvalue weighted by molar-refractivity contribution is 6.74. The van der Waals surface area contributed by atoms with Crippen molar-refractivity contribution in [3.8, 4) is 0 Å². The Morgan fingerprint density at radius 1 is 1.24 bits per heavy atom. The van der Waals surface area contributed by atoms with Gasteiger partial charge >= 0.3 is 6.09 Å². The van der Waals surface area contributed by atoms with Crippen LogP contribution in [0.15, 0.2) is 30.3 Å². The zero-order valence-electron chi connectivity index (χ0n) is 13.5. The van der Waals surface area contributed by atoms with Gasteiger partial charge in [-0.2, -0.15) is 0 Å². The molecule has 1 unspecified atom stereocenters. The lowest BCUT2D eigenvalue weighted by Gasteiger charge is -2.37. The van der Waals surface area contributed by atoms with Gasteiger partial charge in [-0.15, -0.1) is 0 Å². The van der Waals surface area contributed by atoms with E-state index in [0.717, 1.165) is 5.56 Å². The number of benzene rings is 1. The Morgan fingerprint density at radius 3 is 2.43 bits per heavy atom. The van der Waals surface area contributed by atoms with Gasteiger partial charge in [0.2, 0.25) is 0 Å². The van der Waals surface area contributed by atoms with Crippen LogP contribution in [0.4, 0.5) is 4.79 Å². The van der Waals surface area contributed by atoms with E-state index >= 15 is 0 Å². The van der Waals surface area contributed by atoms with Gasteiger partial charge in [-0.1, -0.05) is 51.1 Å². The quantitative estimate of drug-likeness (QED) is 0.859. The third-order valence-electron chi connectivity index (χ3n) is 4.46. The van der Waals surface area contributed by atoms with E-state index in [2.05, 4.69) is 39.2 Å². The summed E-state index contributed by atoms with van der Waals surface area (Å²) in [6, 6.07) is 9.68. The van der Waals surface area contributed by atoms with Crippen molar-refractivity contribution in [1.29, 1.82) is 0 Å². The minimum absolute atomic E-state index is 0.131. The Balaban J connectivity index is 2.06. The van der Waals surface area contributed by atoms with Crippen LogP contribution in [0.5, 0.6) is 0 Å². The van der Waals surface area contributed by atoms with Crippen LogP contribution < -0.4 is 5.32 Å². The van der Waals surface area contributed by atoms with E-state index in [1.807, 2.05) is 30.3 Å². The molecule has 0 radical (unpaired) electrons. The number of hydrogen-bond donors (Lipinski definition) is 1. The first-order valence-corrected chi connectivity index (χ1v) is 10.3. The average Bonchev–Trinajstić information content (AvgIpc) is 2.77. The summed E-state index contributed by atoms with van der Waals surface area (Å²) in [6.07, 6.45) is -0.642. The summed E-state index contributed by atoms with van der Waals surface area (Å²) in [6.45, 7) is 11.5. The first kappa shape index (κ1) is 16.0. The maximum absolute atomic E-state index is 11.6. The normalized spacial score (nSPS) is 22.8. The zero-order chi connectivity index (χ0) is 15.7. The second kappa shape index (κ2) is 5.81. The predicted octanol–water partition coefficient (Wildman–Crippen LogP) is 3.86. The molecule has 1 heterocycles. The van der Waals surface area contributed by atoms with E-state index in [4.69, 9.17) is 9.16 Å². The van der Waals surface area contributed by atoms with Crippen molar-refractivity contribution in [3.63, 3.8) is 0 Å². The Labute approximate surface area is 128 Å². The van der Waals surface area contributed by atoms with E-state index in [1.165, 1.54) is 0 Å². The molecule has 4 nitrogen and oxygen atoms in total. The lowest BCUT2D eigenvalue weighted by Crippen LogP contribution is -2.45. The van der Waals surface area contributed by atoms with E-state index in [-0.39, 0.29) is 23.3 Å². The number of amides is 1. The van der Waals surface area contributed by atoms with Gasteiger partial charge in [0, 0.05) is 0 Å². The molecule has 0 bridgehead atoms. The van der Waals surface area contributed by atoms with Gasteiger partial charge in [0.15, 0.2) is 14.4 Å². The lowest BCUT2D eigenvalue weighted by molar-refractivity contribution is 0.120. The van der Waals surface area contributed by atoms with Gasteiger partial charge in [-0.05, 0) is 23.7 Å². The minimum Gasteiger partial charge on any atom is -0.439 e. The number of cyclic esters (lactones) is 1. The van der Waals surface area contributed by atoms with E-state index in [9.17, 15) is 4.79 Å². The smallest absolute Gasteiger partial charge is 0.408 e. The molecular weight excluding hydrogens is 282 g/mol. The molecule has 1 fully saturated rings. The van der Waals surface area contributed by atoms with E-state index in [0.29, 0.717) is 6.61 Å². The SMILES string of the molecule is CC(C)(C)[Si](C)(C)OC[C@H]1NC(=O)OC1c1ccccc1. The van der Waals surface area contributed by atoms with Crippen molar-refractivity contribution in [2.75, 3.05) is 6.61 Å². The lowest BCUT2D eigenvalue weighted by atomic mass is 10.0. The summed E-state index contributed by atoms with van der Waals surface area (Å²) in [7, 11) is -1.83. The Hall–Kier alpha value is -1.33. The molecule has 21 heavy (non-hydrogen) atoms. The highest BCUT2D eigenvalue weighted by Gasteiger charge is 2.41. The van der Waals surface area contributed by atoms with Gasteiger partial charge < -0.3 is 14.5 Å². The Morgan fingerprint density at radius 2 is 1.86 bits per heavy atom. The molecule has 2 atom stereocenters. The third-order valence-corrected chi connectivity index (χ3v) is 8.96. The van der Waals surface area contributed by atoms with Crippen molar-refractivity contribution in [3.05, 3.63) is 35.9 Å². The molecule has 2 rings (SSSR count). The maximum atomic E-state index is 11.6. The molecule has 116 valence electrons.